The Morgan fingerprint density at radius 2 is 2.14 bits per heavy atom. The molecular weight excluding hydrogens is 290 g/mol. The van der Waals surface area contributed by atoms with Gasteiger partial charge in [-0.15, -0.1) is 0 Å². The second-order valence-electron chi connectivity index (χ2n) is 5.28. The summed E-state index contributed by atoms with van der Waals surface area (Å²) in [4.78, 5) is 11.9. The van der Waals surface area contributed by atoms with Gasteiger partial charge in [-0.2, -0.15) is 9.40 Å². The Morgan fingerprint density at radius 1 is 1.33 bits per heavy atom. The van der Waals surface area contributed by atoms with E-state index in [4.69, 9.17) is 0 Å². The van der Waals surface area contributed by atoms with Gasteiger partial charge in [-0.3, -0.25) is 4.79 Å². The molecule has 0 amide bonds. The number of hydrogen-bond donors (Lipinski definition) is 0. The normalized spacial score (nSPS) is 20.7. The number of carbonyl (C=O) groups is 1. The SMILES string of the molecule is CC(=O)C1CCCCN1S(=O)(=O)c1cnn2ccccc12. The Bertz CT molecular complexity index is 782. The van der Waals surface area contributed by atoms with Crippen LogP contribution in [0, 0.1) is 0 Å². The third-order valence-electron chi connectivity index (χ3n) is 3.90. The Morgan fingerprint density at radius 3 is 2.90 bits per heavy atom. The van der Waals surface area contributed by atoms with Crippen LogP contribution in [0.15, 0.2) is 35.5 Å². The van der Waals surface area contributed by atoms with Crippen molar-refractivity contribution in [3.8, 4) is 0 Å². The average Bonchev–Trinajstić information content (AvgIpc) is 2.92. The minimum absolute atomic E-state index is 0.102. The molecule has 1 unspecified atom stereocenters. The molecule has 0 aliphatic carbocycles. The fraction of sp³-hybridized carbons (Fsp3) is 0.429. The molecule has 3 rings (SSSR count). The van der Waals surface area contributed by atoms with Crippen LogP contribution in [-0.2, 0) is 14.8 Å². The zero-order valence-corrected chi connectivity index (χ0v) is 12.6. The fourth-order valence-corrected chi connectivity index (χ4v) is 4.65. The summed E-state index contributed by atoms with van der Waals surface area (Å²) in [6, 6.07) is 4.72. The molecule has 1 fully saturated rings. The number of hydrogen-bond acceptors (Lipinski definition) is 4. The molecule has 1 aliphatic heterocycles. The molecule has 1 saturated heterocycles. The summed E-state index contributed by atoms with van der Waals surface area (Å²) in [6.45, 7) is 1.84. The van der Waals surface area contributed by atoms with Gasteiger partial charge in [0, 0.05) is 12.7 Å². The molecule has 0 radical (unpaired) electrons. The van der Waals surface area contributed by atoms with Crippen molar-refractivity contribution in [3.05, 3.63) is 30.6 Å². The van der Waals surface area contributed by atoms with Crippen LogP contribution >= 0.6 is 0 Å². The maximum absolute atomic E-state index is 12.9. The summed E-state index contributed by atoms with van der Waals surface area (Å²) < 4.78 is 28.7. The summed E-state index contributed by atoms with van der Waals surface area (Å²) in [5.74, 6) is -0.102. The molecule has 112 valence electrons. The second kappa shape index (κ2) is 5.23. The smallest absolute Gasteiger partial charge is 0.247 e. The molecule has 7 heteroatoms. The molecule has 2 aromatic heterocycles. The number of sulfonamides is 1. The Labute approximate surface area is 123 Å². The van der Waals surface area contributed by atoms with Crippen molar-refractivity contribution in [2.75, 3.05) is 6.54 Å². The van der Waals surface area contributed by atoms with Gasteiger partial charge in [0.2, 0.25) is 10.0 Å². The number of fused-ring (bicyclic) bond motifs is 1. The van der Waals surface area contributed by atoms with Gasteiger partial charge in [0.25, 0.3) is 0 Å². The highest BCUT2D eigenvalue weighted by molar-refractivity contribution is 7.89. The van der Waals surface area contributed by atoms with Crippen LogP contribution < -0.4 is 0 Å². The maximum atomic E-state index is 12.9. The van der Waals surface area contributed by atoms with Gasteiger partial charge >= 0.3 is 0 Å². The van der Waals surface area contributed by atoms with E-state index in [2.05, 4.69) is 5.10 Å². The van der Waals surface area contributed by atoms with Crippen LogP contribution in [0.1, 0.15) is 26.2 Å². The van der Waals surface area contributed by atoms with Gasteiger partial charge in [-0.1, -0.05) is 12.5 Å². The molecule has 1 aliphatic rings. The predicted molar refractivity (Wildman–Crippen MR) is 77.4 cm³/mol. The molecule has 0 aromatic carbocycles. The monoisotopic (exact) mass is 307 g/mol. The van der Waals surface area contributed by atoms with E-state index in [-0.39, 0.29) is 10.7 Å². The van der Waals surface area contributed by atoms with Crippen LogP contribution in [0.5, 0.6) is 0 Å². The van der Waals surface area contributed by atoms with E-state index in [0.717, 1.165) is 12.8 Å². The highest BCUT2D eigenvalue weighted by Gasteiger charge is 2.37. The number of carbonyl (C=O) groups excluding carboxylic acids is 1. The van der Waals surface area contributed by atoms with E-state index in [1.54, 1.807) is 24.4 Å². The van der Waals surface area contributed by atoms with Crippen molar-refractivity contribution < 1.29 is 13.2 Å². The van der Waals surface area contributed by atoms with E-state index in [1.165, 1.54) is 21.9 Å². The number of aromatic nitrogens is 2. The number of Topliss-reactive ketones (excluding diaryl/α,β-unsaturated/α-hetero) is 1. The molecular formula is C14H17N3O3S. The third kappa shape index (κ3) is 2.36. The quantitative estimate of drug-likeness (QED) is 0.861. The van der Waals surface area contributed by atoms with Crippen molar-refractivity contribution in [2.24, 2.45) is 0 Å². The highest BCUT2D eigenvalue weighted by Crippen LogP contribution is 2.28. The minimum Gasteiger partial charge on any atom is -0.298 e. The lowest BCUT2D eigenvalue weighted by Gasteiger charge is -2.32. The molecule has 3 heterocycles. The Hall–Kier alpha value is -1.73. The summed E-state index contributed by atoms with van der Waals surface area (Å²) in [5, 5.41) is 4.08. The molecule has 0 spiro atoms. The van der Waals surface area contributed by atoms with Crippen LogP contribution in [0.2, 0.25) is 0 Å². The van der Waals surface area contributed by atoms with Crippen molar-refractivity contribution >= 4 is 21.3 Å². The number of pyridine rings is 1. The lowest BCUT2D eigenvalue weighted by Crippen LogP contribution is -2.47. The van der Waals surface area contributed by atoms with Gasteiger partial charge in [0.1, 0.15) is 10.7 Å². The number of piperidine rings is 1. The summed E-state index contributed by atoms with van der Waals surface area (Å²) >= 11 is 0. The van der Waals surface area contributed by atoms with Gasteiger partial charge in [-0.05, 0) is 31.9 Å². The van der Waals surface area contributed by atoms with E-state index in [1.807, 2.05) is 0 Å². The largest absolute Gasteiger partial charge is 0.298 e. The highest BCUT2D eigenvalue weighted by atomic mass is 32.2. The molecule has 1 atom stereocenters. The first-order valence-electron chi connectivity index (χ1n) is 6.96. The molecule has 0 N–H and O–H groups in total. The molecule has 2 aromatic rings. The molecule has 0 saturated carbocycles. The van der Waals surface area contributed by atoms with E-state index in [9.17, 15) is 13.2 Å². The summed E-state index contributed by atoms with van der Waals surface area (Å²) in [5.41, 5.74) is 0.533. The lowest BCUT2D eigenvalue weighted by atomic mass is 10.0. The van der Waals surface area contributed by atoms with Crippen molar-refractivity contribution in [1.82, 2.24) is 13.9 Å². The molecule has 21 heavy (non-hydrogen) atoms. The van der Waals surface area contributed by atoms with E-state index in [0.29, 0.717) is 18.5 Å². The third-order valence-corrected chi connectivity index (χ3v) is 5.83. The number of nitrogens with zero attached hydrogens (tertiary/aromatic N) is 3. The van der Waals surface area contributed by atoms with E-state index >= 15 is 0 Å². The standard InChI is InChI=1S/C14H17N3O3S/c1-11(18)12-6-3-5-9-17(12)21(19,20)14-10-15-16-8-4-2-7-13(14)16/h2,4,7-8,10,12H,3,5-6,9H2,1H3. The van der Waals surface area contributed by atoms with Crippen LogP contribution in [0.25, 0.3) is 5.52 Å². The topological polar surface area (TPSA) is 71.8 Å². The zero-order chi connectivity index (χ0) is 15.0. The first-order chi connectivity index (χ1) is 10.0. The van der Waals surface area contributed by atoms with E-state index < -0.39 is 16.1 Å². The molecule has 0 bridgehead atoms. The van der Waals surface area contributed by atoms with Crippen LogP contribution in [0.4, 0.5) is 0 Å². The average molecular weight is 307 g/mol. The summed E-state index contributed by atoms with van der Waals surface area (Å²) in [7, 11) is -3.71. The first-order valence-corrected chi connectivity index (χ1v) is 8.40. The fourth-order valence-electron chi connectivity index (χ4n) is 2.84. The zero-order valence-electron chi connectivity index (χ0n) is 11.8. The number of rotatable bonds is 3. The van der Waals surface area contributed by atoms with Crippen molar-refractivity contribution in [1.29, 1.82) is 0 Å². The lowest BCUT2D eigenvalue weighted by molar-refractivity contribution is -0.121. The first kappa shape index (κ1) is 14.2. The van der Waals surface area contributed by atoms with Gasteiger partial charge in [-0.25, -0.2) is 12.9 Å². The van der Waals surface area contributed by atoms with Crippen LogP contribution in [0.3, 0.4) is 0 Å². The Kier molecular flexibility index (Phi) is 3.54. The van der Waals surface area contributed by atoms with Gasteiger partial charge in [0.15, 0.2) is 0 Å². The molecule has 6 nitrogen and oxygen atoms in total. The van der Waals surface area contributed by atoms with Crippen molar-refractivity contribution in [3.63, 3.8) is 0 Å². The summed E-state index contributed by atoms with van der Waals surface area (Å²) in [6.07, 6.45) is 5.31. The van der Waals surface area contributed by atoms with Gasteiger partial charge in [0.05, 0.1) is 17.8 Å². The van der Waals surface area contributed by atoms with Gasteiger partial charge < -0.3 is 0 Å². The predicted octanol–water partition coefficient (Wildman–Crippen LogP) is 1.47. The Balaban J connectivity index is 2.09. The second-order valence-corrected chi connectivity index (χ2v) is 7.14. The minimum atomic E-state index is -3.71. The van der Waals surface area contributed by atoms with Crippen LogP contribution in [-0.4, -0.2) is 40.7 Å². The number of ketones is 1. The van der Waals surface area contributed by atoms with Crippen molar-refractivity contribution in [2.45, 2.75) is 37.1 Å². The maximum Gasteiger partial charge on any atom is 0.247 e.